The van der Waals surface area contributed by atoms with Gasteiger partial charge in [0.1, 0.15) is 30.6 Å². The van der Waals surface area contributed by atoms with Crippen molar-refractivity contribution in [3.8, 4) is 16.9 Å². The summed E-state index contributed by atoms with van der Waals surface area (Å²) in [6.45, 7) is 10.9. The Hall–Kier alpha value is -4.86. The molecule has 10 heteroatoms. The third-order valence-electron chi connectivity index (χ3n) is 7.84. The summed E-state index contributed by atoms with van der Waals surface area (Å²) in [7, 11) is 0. The molecule has 0 bridgehead atoms. The Morgan fingerprint density at radius 1 is 0.896 bits per heavy atom. The number of alkyl carbamates (subject to hydrolysis) is 1. The first-order valence-corrected chi connectivity index (χ1v) is 16.4. The van der Waals surface area contributed by atoms with Gasteiger partial charge < -0.3 is 29.2 Å². The van der Waals surface area contributed by atoms with E-state index in [9.17, 15) is 19.2 Å². The molecule has 0 saturated carbocycles. The van der Waals surface area contributed by atoms with Crippen molar-refractivity contribution < 1.29 is 38.1 Å². The van der Waals surface area contributed by atoms with Gasteiger partial charge in [-0.25, -0.2) is 14.4 Å². The lowest BCUT2D eigenvalue weighted by atomic mass is 9.98. The maximum atomic E-state index is 13.1. The fraction of sp³-hybridized carbons (Fsp3) is 0.421. The van der Waals surface area contributed by atoms with Crippen LogP contribution in [0, 0.1) is 0 Å². The van der Waals surface area contributed by atoms with E-state index in [0.717, 1.165) is 41.5 Å². The topological polar surface area (TPSA) is 120 Å². The van der Waals surface area contributed by atoms with E-state index in [0.29, 0.717) is 23.4 Å². The lowest BCUT2D eigenvalue weighted by Gasteiger charge is -2.28. The van der Waals surface area contributed by atoms with Crippen LogP contribution < -0.4 is 10.1 Å². The summed E-state index contributed by atoms with van der Waals surface area (Å²) in [6, 6.07) is 20.1. The number of benzene rings is 3. The number of nitrogens with zero attached hydrogens (tertiary/aromatic N) is 1. The van der Waals surface area contributed by atoms with Crippen LogP contribution in [0.2, 0.25) is 0 Å². The summed E-state index contributed by atoms with van der Waals surface area (Å²) in [5, 5.41) is 2.56. The fourth-order valence-electron chi connectivity index (χ4n) is 5.58. The van der Waals surface area contributed by atoms with Gasteiger partial charge in [-0.2, -0.15) is 0 Å². The van der Waals surface area contributed by atoms with Crippen LogP contribution >= 0.6 is 0 Å². The van der Waals surface area contributed by atoms with E-state index in [-0.39, 0.29) is 25.7 Å². The molecule has 1 aliphatic carbocycles. The molecule has 10 nitrogen and oxygen atoms in total. The van der Waals surface area contributed by atoms with Crippen molar-refractivity contribution in [3.05, 3.63) is 89.0 Å². The van der Waals surface area contributed by atoms with Gasteiger partial charge >= 0.3 is 24.1 Å². The maximum absolute atomic E-state index is 13.1. The highest BCUT2D eigenvalue weighted by Gasteiger charge is 2.30. The monoisotopic (exact) mass is 658 g/mol. The summed E-state index contributed by atoms with van der Waals surface area (Å²) in [5.41, 5.74) is 4.92. The average molecular weight is 659 g/mol. The number of hydrogen-bond donors (Lipinski definition) is 1. The summed E-state index contributed by atoms with van der Waals surface area (Å²) in [5.74, 6) is -0.957. The molecule has 2 amide bonds. The molecule has 0 saturated heterocycles. The molecule has 0 aromatic heterocycles. The number of fused-ring (bicyclic) bond motifs is 3. The van der Waals surface area contributed by atoms with E-state index in [4.69, 9.17) is 18.9 Å². The Labute approximate surface area is 282 Å². The third-order valence-corrected chi connectivity index (χ3v) is 7.84. The van der Waals surface area contributed by atoms with Crippen LogP contribution in [0.4, 0.5) is 9.59 Å². The zero-order valence-corrected chi connectivity index (χ0v) is 28.7. The van der Waals surface area contributed by atoms with Crippen molar-refractivity contribution >= 4 is 24.1 Å². The van der Waals surface area contributed by atoms with E-state index in [1.54, 1.807) is 43.9 Å². The van der Waals surface area contributed by atoms with Gasteiger partial charge in [0.05, 0.1) is 6.54 Å². The number of nitrogens with one attached hydrogen (secondary N) is 1. The molecule has 3 aromatic rings. The van der Waals surface area contributed by atoms with Crippen molar-refractivity contribution in [2.24, 2.45) is 0 Å². The fourth-order valence-corrected chi connectivity index (χ4v) is 5.58. The van der Waals surface area contributed by atoms with Crippen LogP contribution in [0.25, 0.3) is 11.1 Å². The molecule has 0 aliphatic heterocycles. The zero-order chi connectivity index (χ0) is 34.8. The smallest absolute Gasteiger partial charge is 0.410 e. The average Bonchev–Trinajstić information content (AvgIpc) is 3.35. The van der Waals surface area contributed by atoms with Crippen molar-refractivity contribution in [1.29, 1.82) is 0 Å². The summed E-state index contributed by atoms with van der Waals surface area (Å²) < 4.78 is 22.1. The number of carbonyl (C=O) groups is 4. The van der Waals surface area contributed by atoms with E-state index in [1.807, 2.05) is 36.4 Å². The van der Waals surface area contributed by atoms with Gasteiger partial charge in [-0.3, -0.25) is 4.79 Å². The molecule has 1 aliphatic rings. The van der Waals surface area contributed by atoms with Gasteiger partial charge in [0.15, 0.2) is 0 Å². The van der Waals surface area contributed by atoms with E-state index in [1.165, 1.54) is 13.8 Å². The highest BCUT2D eigenvalue weighted by Crippen LogP contribution is 2.44. The second-order valence-corrected chi connectivity index (χ2v) is 12.9. The lowest BCUT2D eigenvalue weighted by molar-refractivity contribution is -0.146. The van der Waals surface area contributed by atoms with Crippen LogP contribution in [0.5, 0.6) is 5.75 Å². The SMILES string of the molecule is CCCCCN(Cc1cc(COC(=O)[C@H](C)NC(=O)OCC2c3ccccc3-c3ccccc32)ccc1OC(C)=O)C(=O)OC(C)(C)C. The predicted octanol–water partition coefficient (Wildman–Crippen LogP) is 7.51. The number of hydrogen-bond acceptors (Lipinski definition) is 8. The Balaban J connectivity index is 1.36. The predicted molar refractivity (Wildman–Crippen MR) is 181 cm³/mol. The Morgan fingerprint density at radius 2 is 1.54 bits per heavy atom. The minimum absolute atomic E-state index is 0.104. The maximum Gasteiger partial charge on any atom is 0.410 e. The number of carbonyl (C=O) groups excluding carboxylic acids is 4. The Kier molecular flexibility index (Phi) is 12.2. The highest BCUT2D eigenvalue weighted by molar-refractivity contribution is 5.81. The molecule has 0 unspecified atom stereocenters. The highest BCUT2D eigenvalue weighted by atomic mass is 16.6. The van der Waals surface area contributed by atoms with E-state index < -0.39 is 35.8 Å². The molecular weight excluding hydrogens is 612 g/mol. The van der Waals surface area contributed by atoms with Crippen molar-refractivity contribution in [2.75, 3.05) is 13.2 Å². The first kappa shape index (κ1) is 36.0. The van der Waals surface area contributed by atoms with Crippen LogP contribution in [-0.4, -0.2) is 53.8 Å². The minimum Gasteiger partial charge on any atom is -0.459 e. The lowest BCUT2D eigenvalue weighted by Crippen LogP contribution is -2.40. The van der Waals surface area contributed by atoms with E-state index in [2.05, 4.69) is 24.4 Å². The molecule has 256 valence electrons. The Bertz CT molecular complexity index is 1570. The molecule has 1 atom stereocenters. The van der Waals surface area contributed by atoms with Gasteiger partial charge in [-0.05, 0) is 74.1 Å². The number of esters is 2. The molecule has 4 rings (SSSR count). The Morgan fingerprint density at radius 3 is 2.15 bits per heavy atom. The van der Waals surface area contributed by atoms with Crippen molar-refractivity contribution in [3.63, 3.8) is 0 Å². The molecular formula is C38H46N2O8. The van der Waals surface area contributed by atoms with Gasteiger partial charge in [-0.1, -0.05) is 74.4 Å². The standard InChI is InChI=1S/C38H46N2O8/c1-7-8-13-20-40(37(44)48-38(4,5)6)22-28-21-27(18-19-34(28)47-26(3)41)23-45-35(42)25(2)39-36(43)46-24-33-31-16-11-9-14-29(31)30-15-10-12-17-32(30)33/h9-12,14-19,21,25,33H,7-8,13,20,22-24H2,1-6H3,(H,39,43)/t25-/m0/s1. The van der Waals surface area contributed by atoms with Crippen LogP contribution in [0.1, 0.15) is 89.0 Å². The second kappa shape index (κ2) is 16.3. The molecule has 0 heterocycles. The third kappa shape index (κ3) is 9.82. The number of unbranched alkanes of at least 4 members (excludes halogenated alkanes) is 2. The van der Waals surface area contributed by atoms with Crippen LogP contribution in [0.3, 0.4) is 0 Å². The molecule has 3 aromatic carbocycles. The quantitative estimate of drug-likeness (QED) is 0.0867. The first-order chi connectivity index (χ1) is 22.9. The van der Waals surface area contributed by atoms with Gasteiger partial charge in [0, 0.05) is 24.9 Å². The molecule has 0 spiro atoms. The molecule has 48 heavy (non-hydrogen) atoms. The van der Waals surface area contributed by atoms with Crippen molar-refractivity contribution in [1.82, 2.24) is 10.2 Å². The van der Waals surface area contributed by atoms with Gasteiger partial charge in [0.2, 0.25) is 0 Å². The van der Waals surface area contributed by atoms with Crippen molar-refractivity contribution in [2.45, 2.75) is 91.5 Å². The number of rotatable bonds is 13. The summed E-state index contributed by atoms with van der Waals surface area (Å²) in [4.78, 5) is 52.0. The van der Waals surface area contributed by atoms with Gasteiger partial charge in [-0.15, -0.1) is 0 Å². The number of amides is 2. The van der Waals surface area contributed by atoms with Crippen LogP contribution in [0.15, 0.2) is 66.7 Å². The van der Waals surface area contributed by atoms with Gasteiger partial charge in [0.25, 0.3) is 0 Å². The normalized spacial score (nSPS) is 12.7. The second-order valence-electron chi connectivity index (χ2n) is 12.9. The summed E-state index contributed by atoms with van der Waals surface area (Å²) >= 11 is 0. The summed E-state index contributed by atoms with van der Waals surface area (Å²) in [6.07, 6.45) is 1.51. The largest absolute Gasteiger partial charge is 0.459 e. The molecule has 0 radical (unpaired) electrons. The minimum atomic E-state index is -0.971. The molecule has 1 N–H and O–H groups in total. The molecule has 0 fully saturated rings. The van der Waals surface area contributed by atoms with Crippen LogP contribution in [-0.2, 0) is 37.0 Å². The zero-order valence-electron chi connectivity index (χ0n) is 28.7. The first-order valence-electron chi connectivity index (χ1n) is 16.4. The number of ether oxygens (including phenoxy) is 4. The van der Waals surface area contributed by atoms with E-state index >= 15 is 0 Å².